The number of nitrogens with zero attached hydrogens (tertiary/aromatic N) is 2. The first-order chi connectivity index (χ1) is 7.89. The number of nitro benzene ring substituents is 1. The van der Waals surface area contributed by atoms with Crippen molar-refractivity contribution in [2.45, 2.75) is 32.8 Å². The van der Waals surface area contributed by atoms with Crippen molar-refractivity contribution in [1.82, 2.24) is 0 Å². The highest BCUT2D eigenvalue weighted by Gasteiger charge is 2.20. The predicted molar refractivity (Wildman–Crippen MR) is 62.8 cm³/mol. The molecule has 5 nitrogen and oxygen atoms in total. The molecule has 0 N–H and O–H groups in total. The molecule has 90 valence electrons. The first-order valence-electron chi connectivity index (χ1n) is 5.27. The Bertz CT molecular complexity index is 475. The number of hydrogen-bond acceptors (Lipinski definition) is 4. The second kappa shape index (κ2) is 4.83. The molecule has 1 aromatic carbocycles. The fourth-order valence-corrected chi connectivity index (χ4v) is 1.21. The van der Waals surface area contributed by atoms with Crippen LogP contribution in [0.3, 0.4) is 0 Å². The summed E-state index contributed by atoms with van der Waals surface area (Å²) < 4.78 is 5.63. The quantitative estimate of drug-likeness (QED) is 0.592. The Morgan fingerprint density at radius 3 is 2.65 bits per heavy atom. The van der Waals surface area contributed by atoms with E-state index >= 15 is 0 Å². The maximum absolute atomic E-state index is 10.8. The Kier molecular flexibility index (Phi) is 3.69. The van der Waals surface area contributed by atoms with Crippen LogP contribution in [-0.2, 0) is 0 Å². The standard InChI is InChI=1S/C12H14N2O3/c1-4-12(2,3)17-10-6-5-9(8-13)11(7-10)14(15)16/h5-7H,4H2,1-3H3. The molecule has 5 heteroatoms. The van der Waals surface area contributed by atoms with Crippen molar-refractivity contribution < 1.29 is 9.66 Å². The lowest BCUT2D eigenvalue weighted by atomic mass is 10.1. The Balaban J connectivity index is 3.10. The number of rotatable bonds is 4. The van der Waals surface area contributed by atoms with E-state index in [0.717, 1.165) is 6.42 Å². The Morgan fingerprint density at radius 2 is 2.18 bits per heavy atom. The van der Waals surface area contributed by atoms with Gasteiger partial charge in [0.05, 0.1) is 11.0 Å². The first-order valence-corrected chi connectivity index (χ1v) is 5.27. The number of nitriles is 1. The van der Waals surface area contributed by atoms with Crippen LogP contribution in [-0.4, -0.2) is 10.5 Å². The number of hydrogen-bond donors (Lipinski definition) is 0. The van der Waals surface area contributed by atoms with E-state index < -0.39 is 4.92 Å². The maximum atomic E-state index is 10.8. The van der Waals surface area contributed by atoms with E-state index in [1.54, 1.807) is 12.1 Å². The van der Waals surface area contributed by atoms with E-state index in [0.29, 0.717) is 5.75 Å². The molecule has 0 aromatic heterocycles. The zero-order valence-electron chi connectivity index (χ0n) is 10.1. The summed E-state index contributed by atoms with van der Waals surface area (Å²) in [5.74, 6) is 0.405. The van der Waals surface area contributed by atoms with Crippen molar-refractivity contribution in [1.29, 1.82) is 5.26 Å². The summed E-state index contributed by atoms with van der Waals surface area (Å²) in [5, 5.41) is 19.5. The van der Waals surface area contributed by atoms with Crippen molar-refractivity contribution in [2.24, 2.45) is 0 Å². The smallest absolute Gasteiger partial charge is 0.290 e. The van der Waals surface area contributed by atoms with Crippen LogP contribution in [0.15, 0.2) is 18.2 Å². The lowest BCUT2D eigenvalue weighted by Crippen LogP contribution is -2.26. The molecule has 0 aliphatic carbocycles. The van der Waals surface area contributed by atoms with Gasteiger partial charge in [0.25, 0.3) is 5.69 Å². The Morgan fingerprint density at radius 1 is 1.53 bits per heavy atom. The minimum atomic E-state index is -0.579. The van der Waals surface area contributed by atoms with Crippen molar-refractivity contribution in [3.8, 4) is 11.8 Å². The third-order valence-electron chi connectivity index (χ3n) is 2.53. The third-order valence-corrected chi connectivity index (χ3v) is 2.53. The van der Waals surface area contributed by atoms with Gasteiger partial charge in [-0.1, -0.05) is 6.92 Å². The highest BCUT2D eigenvalue weighted by Crippen LogP contribution is 2.27. The summed E-state index contributed by atoms with van der Waals surface area (Å²) in [6.45, 7) is 5.77. The third kappa shape index (κ3) is 3.18. The molecule has 0 amide bonds. The summed E-state index contributed by atoms with van der Waals surface area (Å²) in [5.41, 5.74) is -0.573. The van der Waals surface area contributed by atoms with E-state index in [-0.39, 0.29) is 16.9 Å². The lowest BCUT2D eigenvalue weighted by molar-refractivity contribution is -0.385. The second-order valence-corrected chi connectivity index (χ2v) is 4.26. The van der Waals surface area contributed by atoms with Crippen molar-refractivity contribution in [3.63, 3.8) is 0 Å². The van der Waals surface area contributed by atoms with Gasteiger partial charge in [0, 0.05) is 0 Å². The van der Waals surface area contributed by atoms with Crippen molar-refractivity contribution in [2.75, 3.05) is 0 Å². The molecule has 0 bridgehead atoms. The van der Waals surface area contributed by atoms with Gasteiger partial charge in [-0.05, 0) is 32.4 Å². The molecule has 0 fully saturated rings. The zero-order chi connectivity index (χ0) is 13.1. The SMILES string of the molecule is CCC(C)(C)Oc1ccc(C#N)c([N+](=O)[O-])c1. The lowest BCUT2D eigenvalue weighted by Gasteiger charge is -2.24. The van der Waals surface area contributed by atoms with Gasteiger partial charge in [-0.25, -0.2) is 0 Å². The van der Waals surface area contributed by atoms with E-state index in [4.69, 9.17) is 10.00 Å². The van der Waals surface area contributed by atoms with Crippen LogP contribution < -0.4 is 4.74 Å². The second-order valence-electron chi connectivity index (χ2n) is 4.26. The van der Waals surface area contributed by atoms with Crippen LogP contribution in [0.4, 0.5) is 5.69 Å². The van der Waals surface area contributed by atoms with Crippen molar-refractivity contribution >= 4 is 5.69 Å². The molecule has 0 aliphatic heterocycles. The van der Waals surface area contributed by atoms with Gasteiger partial charge >= 0.3 is 0 Å². The van der Waals surface area contributed by atoms with Gasteiger partial charge < -0.3 is 4.74 Å². The minimum Gasteiger partial charge on any atom is -0.488 e. The molecule has 0 heterocycles. The molecule has 0 unspecified atom stereocenters. The molecule has 0 radical (unpaired) electrons. The summed E-state index contributed by atoms with van der Waals surface area (Å²) in [4.78, 5) is 10.2. The molecule has 0 saturated heterocycles. The first kappa shape index (κ1) is 13.0. The van der Waals surface area contributed by atoms with Gasteiger partial charge in [0.15, 0.2) is 0 Å². The molecule has 0 atom stereocenters. The van der Waals surface area contributed by atoms with Gasteiger partial charge in [-0.3, -0.25) is 10.1 Å². The highest BCUT2D eigenvalue weighted by molar-refractivity contribution is 5.52. The average molecular weight is 234 g/mol. The topological polar surface area (TPSA) is 76.2 Å². The van der Waals surface area contributed by atoms with Crippen LogP contribution in [0.5, 0.6) is 5.75 Å². The molecular weight excluding hydrogens is 220 g/mol. The van der Waals surface area contributed by atoms with Crippen LogP contribution in [0, 0.1) is 21.4 Å². The van der Waals surface area contributed by atoms with Gasteiger partial charge in [0.2, 0.25) is 0 Å². The van der Waals surface area contributed by atoms with Crippen LogP contribution in [0.2, 0.25) is 0 Å². The molecule has 1 rings (SSSR count). The van der Waals surface area contributed by atoms with Crippen LogP contribution in [0.25, 0.3) is 0 Å². The maximum Gasteiger partial charge on any atom is 0.290 e. The molecule has 0 saturated carbocycles. The molecule has 17 heavy (non-hydrogen) atoms. The Labute approximate surface area is 99.8 Å². The highest BCUT2D eigenvalue weighted by atomic mass is 16.6. The fraction of sp³-hybridized carbons (Fsp3) is 0.417. The average Bonchev–Trinajstić information content (AvgIpc) is 2.28. The molecule has 1 aromatic rings. The fourth-order valence-electron chi connectivity index (χ4n) is 1.21. The van der Waals surface area contributed by atoms with Gasteiger partial charge in [-0.15, -0.1) is 0 Å². The molecule has 0 spiro atoms. The largest absolute Gasteiger partial charge is 0.488 e. The van der Waals surface area contributed by atoms with E-state index in [1.165, 1.54) is 12.1 Å². The number of benzene rings is 1. The summed E-state index contributed by atoms with van der Waals surface area (Å²) in [6, 6.07) is 6.05. The molecule has 0 aliphatic rings. The summed E-state index contributed by atoms with van der Waals surface area (Å²) in [6.07, 6.45) is 0.779. The van der Waals surface area contributed by atoms with Gasteiger partial charge in [0.1, 0.15) is 23.0 Å². The number of ether oxygens (including phenoxy) is 1. The van der Waals surface area contributed by atoms with Gasteiger partial charge in [-0.2, -0.15) is 5.26 Å². The van der Waals surface area contributed by atoms with E-state index in [1.807, 2.05) is 20.8 Å². The van der Waals surface area contributed by atoms with Crippen LogP contribution >= 0.6 is 0 Å². The summed E-state index contributed by atoms with van der Waals surface area (Å²) in [7, 11) is 0. The molecular formula is C12H14N2O3. The van der Waals surface area contributed by atoms with Crippen LogP contribution in [0.1, 0.15) is 32.8 Å². The summed E-state index contributed by atoms with van der Waals surface area (Å²) >= 11 is 0. The normalized spacial score (nSPS) is 10.7. The van der Waals surface area contributed by atoms with E-state index in [9.17, 15) is 10.1 Å². The predicted octanol–water partition coefficient (Wildman–Crippen LogP) is 3.03. The van der Waals surface area contributed by atoms with Crippen molar-refractivity contribution in [3.05, 3.63) is 33.9 Å². The zero-order valence-corrected chi connectivity index (χ0v) is 10.1. The number of nitro groups is 1. The Hall–Kier alpha value is -2.09. The van der Waals surface area contributed by atoms with E-state index in [2.05, 4.69) is 0 Å². The monoisotopic (exact) mass is 234 g/mol. The minimum absolute atomic E-state index is 0.0386.